The van der Waals surface area contributed by atoms with Crippen molar-refractivity contribution in [3.8, 4) is 0 Å². The lowest BCUT2D eigenvalue weighted by molar-refractivity contribution is -0.114. The van der Waals surface area contributed by atoms with E-state index in [0.29, 0.717) is 17.6 Å². The first kappa shape index (κ1) is 16.0. The van der Waals surface area contributed by atoms with Crippen LogP contribution in [0.5, 0.6) is 0 Å². The molecule has 0 unspecified atom stereocenters. The van der Waals surface area contributed by atoms with E-state index in [4.69, 9.17) is 5.73 Å². The zero-order valence-corrected chi connectivity index (χ0v) is 12.2. The van der Waals surface area contributed by atoms with Crippen molar-refractivity contribution < 1.29 is 9.59 Å². The van der Waals surface area contributed by atoms with Gasteiger partial charge in [0.2, 0.25) is 5.91 Å². The zero-order chi connectivity index (χ0) is 15.0. The monoisotopic (exact) mass is 287 g/mol. The summed E-state index contributed by atoms with van der Waals surface area (Å²) in [5.74, 6) is -0.416. The molecule has 0 aromatic heterocycles. The average molecular weight is 287 g/mol. The fourth-order valence-electron chi connectivity index (χ4n) is 1.42. The standard InChI is InChI=1S/C16H17NO2S/c1-3-14(18)12(2)8-6-7-11-20-15-10-5-4-9-13(15)16(17)19/h4-11H,2-3H2,1H3,(H2,17,19)/b8-6-,11-7-. The van der Waals surface area contributed by atoms with Crippen LogP contribution in [0, 0.1) is 0 Å². The molecule has 0 atom stereocenters. The number of carbonyl (C=O) groups excluding carboxylic acids is 2. The van der Waals surface area contributed by atoms with E-state index in [0.717, 1.165) is 4.90 Å². The third-order valence-corrected chi connectivity index (χ3v) is 3.42. The molecule has 1 rings (SSSR count). The van der Waals surface area contributed by atoms with Gasteiger partial charge in [0, 0.05) is 16.9 Å². The van der Waals surface area contributed by atoms with Gasteiger partial charge in [-0.25, -0.2) is 0 Å². The van der Waals surface area contributed by atoms with Gasteiger partial charge in [-0.1, -0.05) is 55.6 Å². The Balaban J connectivity index is 2.62. The number of primary amides is 1. The number of Topliss-reactive ketones (excluding diaryl/α,β-unsaturated/α-hetero) is 1. The predicted molar refractivity (Wildman–Crippen MR) is 83.5 cm³/mol. The van der Waals surface area contributed by atoms with Crippen molar-refractivity contribution in [2.24, 2.45) is 5.73 Å². The average Bonchev–Trinajstić information content (AvgIpc) is 2.46. The molecule has 0 aliphatic carbocycles. The normalized spacial score (nSPS) is 11.1. The highest BCUT2D eigenvalue weighted by Crippen LogP contribution is 2.23. The molecule has 1 aromatic carbocycles. The van der Waals surface area contributed by atoms with Gasteiger partial charge in [-0.05, 0) is 17.5 Å². The summed E-state index contributed by atoms with van der Waals surface area (Å²) in [7, 11) is 0. The second kappa shape index (κ2) is 8.17. The number of thioether (sulfide) groups is 1. The van der Waals surface area contributed by atoms with Gasteiger partial charge in [0.25, 0.3) is 0 Å². The first-order valence-electron chi connectivity index (χ1n) is 6.17. The molecule has 4 heteroatoms. The Hall–Kier alpha value is -2.07. The molecule has 1 aromatic rings. The first-order valence-corrected chi connectivity index (χ1v) is 7.05. The molecule has 20 heavy (non-hydrogen) atoms. The maximum absolute atomic E-state index is 11.3. The highest BCUT2D eigenvalue weighted by Gasteiger charge is 2.05. The lowest BCUT2D eigenvalue weighted by Gasteiger charge is -2.01. The second-order valence-electron chi connectivity index (χ2n) is 3.97. The summed E-state index contributed by atoms with van der Waals surface area (Å²) in [6.45, 7) is 5.48. The molecule has 0 fully saturated rings. The van der Waals surface area contributed by atoms with E-state index >= 15 is 0 Å². The number of hydrogen-bond donors (Lipinski definition) is 1. The highest BCUT2D eigenvalue weighted by molar-refractivity contribution is 8.02. The summed E-state index contributed by atoms with van der Waals surface area (Å²) in [5, 5.41) is 1.82. The van der Waals surface area contributed by atoms with Crippen LogP contribution < -0.4 is 5.73 Å². The smallest absolute Gasteiger partial charge is 0.249 e. The summed E-state index contributed by atoms with van der Waals surface area (Å²) < 4.78 is 0. The van der Waals surface area contributed by atoms with Crippen LogP contribution in [0.3, 0.4) is 0 Å². The van der Waals surface area contributed by atoms with E-state index in [1.807, 2.05) is 17.5 Å². The molecular formula is C16H17NO2S. The quantitative estimate of drug-likeness (QED) is 0.474. The van der Waals surface area contributed by atoms with Crippen LogP contribution in [0.15, 0.2) is 64.9 Å². The topological polar surface area (TPSA) is 60.2 Å². The molecule has 0 spiro atoms. The summed E-state index contributed by atoms with van der Waals surface area (Å²) in [6, 6.07) is 7.14. The van der Waals surface area contributed by atoms with Crippen LogP contribution in [-0.2, 0) is 4.79 Å². The fourth-order valence-corrected chi connectivity index (χ4v) is 2.19. The Labute approximate surface area is 123 Å². The minimum Gasteiger partial charge on any atom is -0.366 e. The molecule has 3 nitrogen and oxygen atoms in total. The number of amides is 1. The molecule has 0 saturated carbocycles. The summed E-state index contributed by atoms with van der Waals surface area (Å²) >= 11 is 1.39. The minimum absolute atomic E-state index is 0.0291. The highest BCUT2D eigenvalue weighted by atomic mass is 32.2. The molecule has 0 bridgehead atoms. The van der Waals surface area contributed by atoms with E-state index in [-0.39, 0.29) is 5.78 Å². The Kier molecular flexibility index (Phi) is 6.53. The van der Waals surface area contributed by atoms with Crippen LogP contribution in [0.25, 0.3) is 0 Å². The minimum atomic E-state index is -0.445. The van der Waals surface area contributed by atoms with Gasteiger partial charge in [-0.3, -0.25) is 9.59 Å². The Morgan fingerprint density at radius 1 is 1.30 bits per heavy atom. The van der Waals surface area contributed by atoms with Gasteiger partial charge >= 0.3 is 0 Å². The van der Waals surface area contributed by atoms with Crippen molar-refractivity contribution >= 4 is 23.5 Å². The van der Waals surface area contributed by atoms with Crippen LogP contribution in [0.4, 0.5) is 0 Å². The maximum Gasteiger partial charge on any atom is 0.249 e. The SMILES string of the molecule is C=C(/C=C\C=C/Sc1ccccc1C(N)=O)C(=O)CC. The number of allylic oxidation sites excluding steroid dienone is 4. The Morgan fingerprint density at radius 3 is 2.65 bits per heavy atom. The van der Waals surface area contributed by atoms with Crippen molar-refractivity contribution in [3.05, 3.63) is 65.6 Å². The van der Waals surface area contributed by atoms with Crippen molar-refractivity contribution in [1.82, 2.24) is 0 Å². The molecular weight excluding hydrogens is 270 g/mol. The van der Waals surface area contributed by atoms with E-state index in [9.17, 15) is 9.59 Å². The van der Waals surface area contributed by atoms with Crippen LogP contribution in [0.1, 0.15) is 23.7 Å². The van der Waals surface area contributed by atoms with Gasteiger partial charge in [-0.15, -0.1) is 0 Å². The second-order valence-corrected chi connectivity index (χ2v) is 4.92. The molecule has 2 N–H and O–H groups in total. The summed E-state index contributed by atoms with van der Waals surface area (Å²) in [6.07, 6.45) is 5.66. The Morgan fingerprint density at radius 2 is 2.00 bits per heavy atom. The van der Waals surface area contributed by atoms with Crippen molar-refractivity contribution in [1.29, 1.82) is 0 Å². The van der Waals surface area contributed by atoms with E-state index in [2.05, 4.69) is 6.58 Å². The molecule has 0 radical (unpaired) electrons. The number of rotatable bonds is 7. The first-order chi connectivity index (χ1) is 9.56. The molecule has 1 amide bonds. The van der Waals surface area contributed by atoms with Gasteiger partial charge in [0.1, 0.15) is 0 Å². The van der Waals surface area contributed by atoms with E-state index in [1.54, 1.807) is 37.3 Å². The molecule has 0 aliphatic heterocycles. The van der Waals surface area contributed by atoms with E-state index in [1.165, 1.54) is 11.8 Å². The largest absolute Gasteiger partial charge is 0.366 e. The van der Waals surface area contributed by atoms with Gasteiger partial charge in [0.15, 0.2) is 5.78 Å². The fraction of sp³-hybridized carbons (Fsp3) is 0.125. The van der Waals surface area contributed by atoms with Gasteiger partial charge in [-0.2, -0.15) is 0 Å². The number of hydrogen-bond acceptors (Lipinski definition) is 3. The number of benzene rings is 1. The number of ketones is 1. The van der Waals surface area contributed by atoms with E-state index < -0.39 is 5.91 Å². The van der Waals surface area contributed by atoms with Crippen molar-refractivity contribution in [2.75, 3.05) is 0 Å². The molecule has 104 valence electrons. The Bertz CT molecular complexity index is 574. The van der Waals surface area contributed by atoms with Crippen LogP contribution in [-0.4, -0.2) is 11.7 Å². The van der Waals surface area contributed by atoms with Gasteiger partial charge < -0.3 is 5.73 Å². The van der Waals surface area contributed by atoms with Gasteiger partial charge in [0.05, 0.1) is 5.56 Å². The third-order valence-electron chi connectivity index (χ3n) is 2.51. The lowest BCUT2D eigenvalue weighted by atomic mass is 10.1. The van der Waals surface area contributed by atoms with Crippen molar-refractivity contribution in [2.45, 2.75) is 18.2 Å². The maximum atomic E-state index is 11.3. The number of nitrogens with two attached hydrogens (primary N) is 1. The van der Waals surface area contributed by atoms with Crippen molar-refractivity contribution in [3.63, 3.8) is 0 Å². The molecule has 0 heterocycles. The molecule has 0 aliphatic rings. The lowest BCUT2D eigenvalue weighted by Crippen LogP contribution is -2.11. The third kappa shape index (κ3) is 4.90. The predicted octanol–water partition coefficient (Wildman–Crippen LogP) is 3.48. The molecule has 0 saturated heterocycles. The zero-order valence-electron chi connectivity index (χ0n) is 11.3. The number of carbonyl (C=O) groups is 2. The summed E-state index contributed by atoms with van der Waals surface area (Å²) in [5.41, 5.74) is 6.28. The summed E-state index contributed by atoms with van der Waals surface area (Å²) in [4.78, 5) is 23.3. The van der Waals surface area contributed by atoms with Crippen LogP contribution >= 0.6 is 11.8 Å². The van der Waals surface area contributed by atoms with Crippen LogP contribution in [0.2, 0.25) is 0 Å².